The van der Waals surface area contributed by atoms with Gasteiger partial charge in [-0.05, 0) is 56.3 Å². The molecule has 0 atom stereocenters. The molecule has 0 saturated heterocycles. The van der Waals surface area contributed by atoms with Crippen LogP contribution in [-0.4, -0.2) is 47.9 Å². The summed E-state index contributed by atoms with van der Waals surface area (Å²) in [5.74, 6) is 1.80. The van der Waals surface area contributed by atoms with Crippen molar-refractivity contribution in [1.29, 1.82) is 0 Å². The molecule has 2 rings (SSSR count). The second kappa shape index (κ2) is 11.8. The number of carbonyl (C=O) groups excluding carboxylic acids is 2. The lowest BCUT2D eigenvalue weighted by atomic mass is 10.2. The number of hydrogen-bond acceptors (Lipinski definition) is 4. The maximum absolute atomic E-state index is 12.3. The van der Waals surface area contributed by atoms with E-state index in [-0.39, 0.29) is 11.8 Å². The number of nitrogens with one attached hydrogen (secondary N) is 1. The highest BCUT2D eigenvalue weighted by atomic mass is 79.9. The third-order valence-electron chi connectivity index (χ3n) is 3.99. The summed E-state index contributed by atoms with van der Waals surface area (Å²) in [5.41, 5.74) is 1.31. The molecule has 0 bridgehead atoms. The molecule has 1 N–H and O–H groups in total. The summed E-state index contributed by atoms with van der Waals surface area (Å²) in [7, 11) is 0. The van der Waals surface area contributed by atoms with Crippen LogP contribution in [0.5, 0.6) is 5.75 Å². The van der Waals surface area contributed by atoms with Crippen LogP contribution in [0.15, 0.2) is 53.0 Å². The number of carbonyl (C=O) groups is 2. The highest BCUT2D eigenvalue weighted by molar-refractivity contribution is 9.10. The summed E-state index contributed by atoms with van der Waals surface area (Å²) >= 11 is 4.92. The molecule has 0 aliphatic rings. The molecule has 2 aromatic carbocycles. The van der Waals surface area contributed by atoms with Gasteiger partial charge in [0.2, 0.25) is 5.91 Å². The first-order valence-corrected chi connectivity index (χ1v) is 11.1. The molecule has 2 amide bonds. The van der Waals surface area contributed by atoms with Crippen molar-refractivity contribution in [3.05, 3.63) is 58.6 Å². The zero-order valence-electron chi connectivity index (χ0n) is 16.1. The molecule has 150 valence electrons. The van der Waals surface area contributed by atoms with Crippen LogP contribution in [-0.2, 0) is 4.79 Å². The Hall–Kier alpha value is -1.99. The Morgan fingerprint density at radius 3 is 2.46 bits per heavy atom. The molecular weight excluding hydrogens is 440 g/mol. The summed E-state index contributed by atoms with van der Waals surface area (Å²) in [6.45, 7) is 5.80. The molecule has 0 spiro atoms. The second-order valence-electron chi connectivity index (χ2n) is 5.96. The number of anilines is 1. The molecule has 5 nitrogen and oxygen atoms in total. The van der Waals surface area contributed by atoms with Crippen LogP contribution in [0.4, 0.5) is 5.69 Å². The van der Waals surface area contributed by atoms with E-state index in [0.717, 1.165) is 16.0 Å². The van der Waals surface area contributed by atoms with E-state index in [4.69, 9.17) is 4.74 Å². The topological polar surface area (TPSA) is 58.6 Å². The monoisotopic (exact) mass is 464 g/mol. The van der Waals surface area contributed by atoms with Gasteiger partial charge in [0.05, 0.1) is 12.4 Å². The van der Waals surface area contributed by atoms with E-state index in [1.165, 1.54) is 11.8 Å². The Kier molecular flexibility index (Phi) is 9.37. The Bertz CT molecular complexity index is 779. The highest BCUT2D eigenvalue weighted by Crippen LogP contribution is 2.18. The van der Waals surface area contributed by atoms with Crippen molar-refractivity contribution in [3.8, 4) is 5.75 Å². The van der Waals surface area contributed by atoms with Gasteiger partial charge in [-0.1, -0.05) is 22.0 Å². The minimum absolute atomic E-state index is 0.00359. The van der Waals surface area contributed by atoms with E-state index in [2.05, 4.69) is 21.2 Å². The van der Waals surface area contributed by atoms with Crippen LogP contribution < -0.4 is 10.1 Å². The summed E-state index contributed by atoms with van der Waals surface area (Å²) in [6, 6.07) is 14.7. The number of nitrogens with zero attached hydrogens (tertiary/aromatic N) is 1. The quantitative estimate of drug-likeness (QED) is 0.518. The molecule has 28 heavy (non-hydrogen) atoms. The molecule has 2 aromatic rings. The number of amides is 2. The molecule has 0 unspecified atom stereocenters. The largest absolute Gasteiger partial charge is 0.493 e. The number of rotatable bonds is 10. The predicted molar refractivity (Wildman–Crippen MR) is 119 cm³/mol. The SMILES string of the molecule is CCN(CC)C(=O)c1ccc(NC(=O)CSCCOc2cccc(Br)c2)cc1. The van der Waals surface area contributed by atoms with Crippen molar-refractivity contribution in [1.82, 2.24) is 4.90 Å². The third-order valence-corrected chi connectivity index (χ3v) is 5.41. The molecule has 0 aliphatic heterocycles. The van der Waals surface area contributed by atoms with Gasteiger partial charge in [-0.3, -0.25) is 9.59 Å². The maximum atomic E-state index is 12.3. The summed E-state index contributed by atoms with van der Waals surface area (Å²) in [4.78, 5) is 26.1. The number of thioether (sulfide) groups is 1. The van der Waals surface area contributed by atoms with Gasteiger partial charge in [-0.15, -0.1) is 11.8 Å². The first-order chi connectivity index (χ1) is 13.5. The van der Waals surface area contributed by atoms with Crippen molar-refractivity contribution < 1.29 is 14.3 Å². The smallest absolute Gasteiger partial charge is 0.253 e. The van der Waals surface area contributed by atoms with Gasteiger partial charge in [-0.2, -0.15) is 0 Å². The van der Waals surface area contributed by atoms with Gasteiger partial charge in [-0.25, -0.2) is 0 Å². The van der Waals surface area contributed by atoms with Crippen LogP contribution in [0, 0.1) is 0 Å². The fraction of sp³-hybridized carbons (Fsp3) is 0.333. The molecule has 0 aromatic heterocycles. The van der Waals surface area contributed by atoms with E-state index in [1.54, 1.807) is 29.2 Å². The van der Waals surface area contributed by atoms with E-state index in [9.17, 15) is 9.59 Å². The molecule has 0 saturated carbocycles. The Labute approximate surface area is 179 Å². The van der Waals surface area contributed by atoms with E-state index >= 15 is 0 Å². The minimum atomic E-state index is -0.0738. The summed E-state index contributed by atoms with van der Waals surface area (Å²) in [5, 5.41) is 2.85. The molecule has 0 fully saturated rings. The first-order valence-electron chi connectivity index (χ1n) is 9.18. The molecule has 0 heterocycles. The number of benzene rings is 2. The van der Waals surface area contributed by atoms with Gasteiger partial charge < -0.3 is 15.0 Å². The fourth-order valence-electron chi connectivity index (χ4n) is 2.53. The number of hydrogen-bond donors (Lipinski definition) is 1. The Balaban J connectivity index is 1.70. The van der Waals surface area contributed by atoms with Crippen molar-refractivity contribution in [2.45, 2.75) is 13.8 Å². The van der Waals surface area contributed by atoms with Crippen LogP contribution in [0.25, 0.3) is 0 Å². The normalized spacial score (nSPS) is 10.4. The molecule has 0 aliphatic carbocycles. The zero-order chi connectivity index (χ0) is 20.4. The lowest BCUT2D eigenvalue weighted by Gasteiger charge is -2.18. The van der Waals surface area contributed by atoms with Crippen molar-refractivity contribution in [2.24, 2.45) is 0 Å². The van der Waals surface area contributed by atoms with Crippen LogP contribution >= 0.6 is 27.7 Å². The van der Waals surface area contributed by atoms with Gasteiger partial charge in [0.25, 0.3) is 5.91 Å². The van der Waals surface area contributed by atoms with Crippen LogP contribution in [0.3, 0.4) is 0 Å². The molecule has 0 radical (unpaired) electrons. The first kappa shape index (κ1) is 22.3. The van der Waals surface area contributed by atoms with Gasteiger partial charge in [0, 0.05) is 34.6 Å². The number of halogens is 1. The third kappa shape index (κ3) is 7.20. The van der Waals surface area contributed by atoms with Gasteiger partial charge >= 0.3 is 0 Å². The fourth-order valence-corrected chi connectivity index (χ4v) is 3.51. The van der Waals surface area contributed by atoms with Gasteiger partial charge in [0.15, 0.2) is 0 Å². The molecular formula is C21H25BrN2O3S. The maximum Gasteiger partial charge on any atom is 0.253 e. The van der Waals surface area contributed by atoms with Crippen molar-refractivity contribution in [2.75, 3.05) is 36.5 Å². The average Bonchev–Trinajstić information content (AvgIpc) is 2.69. The second-order valence-corrected chi connectivity index (χ2v) is 7.98. The van der Waals surface area contributed by atoms with E-state index in [1.807, 2.05) is 38.1 Å². The zero-order valence-corrected chi connectivity index (χ0v) is 18.5. The lowest BCUT2D eigenvalue weighted by molar-refractivity contribution is -0.113. The summed E-state index contributed by atoms with van der Waals surface area (Å²) < 4.78 is 6.62. The van der Waals surface area contributed by atoms with Crippen molar-refractivity contribution in [3.63, 3.8) is 0 Å². The highest BCUT2D eigenvalue weighted by Gasteiger charge is 2.12. The Morgan fingerprint density at radius 2 is 1.82 bits per heavy atom. The van der Waals surface area contributed by atoms with Crippen LogP contribution in [0.2, 0.25) is 0 Å². The van der Waals surface area contributed by atoms with Gasteiger partial charge in [0.1, 0.15) is 5.75 Å². The molecule has 7 heteroatoms. The van der Waals surface area contributed by atoms with E-state index in [0.29, 0.717) is 36.7 Å². The average molecular weight is 465 g/mol. The van der Waals surface area contributed by atoms with Crippen LogP contribution in [0.1, 0.15) is 24.2 Å². The minimum Gasteiger partial charge on any atom is -0.493 e. The predicted octanol–water partition coefficient (Wildman–Crippen LogP) is 4.68. The van der Waals surface area contributed by atoms with Crippen molar-refractivity contribution >= 4 is 45.2 Å². The lowest BCUT2D eigenvalue weighted by Crippen LogP contribution is -2.30. The Morgan fingerprint density at radius 1 is 1.11 bits per heavy atom. The number of ether oxygens (including phenoxy) is 1. The standard InChI is InChI=1S/C21H25BrN2O3S/c1-3-24(4-2)21(26)16-8-10-18(11-9-16)23-20(25)15-28-13-12-27-19-7-5-6-17(22)14-19/h5-11,14H,3-4,12-13,15H2,1-2H3,(H,23,25). The van der Waals surface area contributed by atoms with E-state index < -0.39 is 0 Å². The summed E-state index contributed by atoms with van der Waals surface area (Å²) in [6.07, 6.45) is 0.